The van der Waals surface area contributed by atoms with Gasteiger partial charge < -0.3 is 14.2 Å². The minimum absolute atomic E-state index is 0.0237. The van der Waals surface area contributed by atoms with Crippen LogP contribution >= 0.6 is 0 Å². The van der Waals surface area contributed by atoms with Gasteiger partial charge in [-0.15, -0.1) is 10.2 Å². The Morgan fingerprint density at radius 2 is 2.00 bits per heavy atom. The topological polar surface area (TPSA) is 63.5 Å². The lowest BCUT2D eigenvalue weighted by Gasteiger charge is -2.32. The standard InChI is InChI=1S/C21H29N5O2/c1-15-7-6-8-16(19(15)28-3)21(27)25-12-10-18-22-23-20(26(18)14-13-25)17-9-4-5-11-24(17)2/h6-8,17H,4-5,9-14H2,1-3H3/t17-/m0/s1. The molecule has 0 unspecified atom stereocenters. The summed E-state index contributed by atoms with van der Waals surface area (Å²) in [5.74, 6) is 2.73. The number of carbonyl (C=O) groups excluding carboxylic acids is 1. The number of aromatic nitrogens is 3. The molecule has 7 nitrogen and oxygen atoms in total. The fraction of sp³-hybridized carbons (Fsp3) is 0.571. The van der Waals surface area contributed by atoms with Crippen LogP contribution in [0.5, 0.6) is 5.75 Å². The molecule has 1 fully saturated rings. The van der Waals surface area contributed by atoms with E-state index in [0.29, 0.717) is 30.4 Å². The first-order chi connectivity index (χ1) is 13.6. The van der Waals surface area contributed by atoms with E-state index in [0.717, 1.165) is 43.1 Å². The molecule has 0 saturated carbocycles. The molecule has 3 heterocycles. The van der Waals surface area contributed by atoms with Gasteiger partial charge in [0.15, 0.2) is 0 Å². The van der Waals surface area contributed by atoms with Gasteiger partial charge in [-0.05, 0) is 45.0 Å². The molecule has 2 aliphatic rings. The zero-order chi connectivity index (χ0) is 19.7. The summed E-state index contributed by atoms with van der Waals surface area (Å²) in [5.41, 5.74) is 1.61. The molecule has 1 saturated heterocycles. The average molecular weight is 383 g/mol. The molecular formula is C21H29N5O2. The minimum Gasteiger partial charge on any atom is -0.496 e. The molecule has 0 spiro atoms. The van der Waals surface area contributed by atoms with E-state index < -0.39 is 0 Å². The van der Waals surface area contributed by atoms with Crippen molar-refractivity contribution in [3.63, 3.8) is 0 Å². The highest BCUT2D eigenvalue weighted by molar-refractivity contribution is 5.97. The summed E-state index contributed by atoms with van der Waals surface area (Å²) in [7, 11) is 3.79. The maximum absolute atomic E-state index is 13.2. The second kappa shape index (κ2) is 7.91. The Bertz CT molecular complexity index is 862. The van der Waals surface area contributed by atoms with Gasteiger partial charge in [-0.2, -0.15) is 0 Å². The molecule has 0 N–H and O–H groups in total. The van der Waals surface area contributed by atoms with Crippen molar-refractivity contribution in [2.24, 2.45) is 0 Å². The Hall–Kier alpha value is -2.41. The molecule has 150 valence electrons. The fourth-order valence-electron chi connectivity index (χ4n) is 4.46. The van der Waals surface area contributed by atoms with Crippen molar-refractivity contribution in [3.8, 4) is 5.75 Å². The van der Waals surface area contributed by atoms with Gasteiger partial charge in [-0.25, -0.2) is 0 Å². The highest BCUT2D eigenvalue weighted by atomic mass is 16.5. The lowest BCUT2D eigenvalue weighted by atomic mass is 10.0. The number of carbonyl (C=O) groups is 1. The fourth-order valence-corrected chi connectivity index (χ4v) is 4.46. The zero-order valence-corrected chi connectivity index (χ0v) is 17.0. The van der Waals surface area contributed by atoms with Crippen LogP contribution in [-0.4, -0.2) is 64.3 Å². The number of amides is 1. The number of para-hydroxylation sites is 1. The molecule has 1 amide bonds. The van der Waals surface area contributed by atoms with Gasteiger partial charge in [0.25, 0.3) is 5.91 Å². The number of rotatable bonds is 3. The zero-order valence-electron chi connectivity index (χ0n) is 17.0. The number of aryl methyl sites for hydroxylation is 1. The Balaban J connectivity index is 1.54. The lowest BCUT2D eigenvalue weighted by molar-refractivity contribution is 0.0754. The van der Waals surface area contributed by atoms with Crippen LogP contribution in [0.25, 0.3) is 0 Å². The molecule has 4 rings (SSSR count). The van der Waals surface area contributed by atoms with E-state index in [4.69, 9.17) is 4.74 Å². The molecule has 28 heavy (non-hydrogen) atoms. The third kappa shape index (κ3) is 3.39. The van der Waals surface area contributed by atoms with Gasteiger partial charge in [0, 0.05) is 26.1 Å². The predicted molar refractivity (Wildman–Crippen MR) is 107 cm³/mol. The minimum atomic E-state index is 0.0237. The second-order valence-corrected chi connectivity index (χ2v) is 7.82. The smallest absolute Gasteiger partial charge is 0.257 e. The first-order valence-corrected chi connectivity index (χ1v) is 10.1. The summed E-state index contributed by atoms with van der Waals surface area (Å²) < 4.78 is 7.74. The molecule has 2 aliphatic heterocycles. The Labute approximate surface area is 166 Å². The molecule has 1 aromatic heterocycles. The summed E-state index contributed by atoms with van der Waals surface area (Å²) >= 11 is 0. The van der Waals surface area contributed by atoms with Crippen molar-refractivity contribution in [1.29, 1.82) is 0 Å². The van der Waals surface area contributed by atoms with Crippen molar-refractivity contribution in [2.45, 2.75) is 45.2 Å². The Kier molecular flexibility index (Phi) is 5.35. The summed E-state index contributed by atoms with van der Waals surface area (Å²) in [4.78, 5) is 17.5. The van der Waals surface area contributed by atoms with Crippen LogP contribution in [0.3, 0.4) is 0 Å². The van der Waals surface area contributed by atoms with E-state index >= 15 is 0 Å². The van der Waals surface area contributed by atoms with Gasteiger partial charge in [0.1, 0.15) is 17.4 Å². The van der Waals surface area contributed by atoms with Crippen LogP contribution in [0.4, 0.5) is 0 Å². The maximum Gasteiger partial charge on any atom is 0.257 e. The van der Waals surface area contributed by atoms with Crippen molar-refractivity contribution in [3.05, 3.63) is 41.0 Å². The monoisotopic (exact) mass is 383 g/mol. The highest BCUT2D eigenvalue weighted by Gasteiger charge is 2.30. The number of likely N-dealkylation sites (tertiary alicyclic amines) is 1. The molecule has 0 aliphatic carbocycles. The third-order valence-electron chi connectivity index (χ3n) is 6.06. The maximum atomic E-state index is 13.2. The van der Waals surface area contributed by atoms with Crippen molar-refractivity contribution in [1.82, 2.24) is 24.6 Å². The normalized spacial score (nSPS) is 20.5. The first-order valence-electron chi connectivity index (χ1n) is 10.1. The molecular weight excluding hydrogens is 354 g/mol. The highest BCUT2D eigenvalue weighted by Crippen LogP contribution is 2.30. The lowest BCUT2D eigenvalue weighted by Crippen LogP contribution is -2.35. The molecule has 0 bridgehead atoms. The summed E-state index contributed by atoms with van der Waals surface area (Å²) in [6, 6.07) is 6.05. The van der Waals surface area contributed by atoms with E-state index in [1.54, 1.807) is 7.11 Å². The number of nitrogens with zero attached hydrogens (tertiary/aromatic N) is 5. The number of piperidine rings is 1. The van der Waals surface area contributed by atoms with Crippen LogP contribution < -0.4 is 4.74 Å². The van der Waals surface area contributed by atoms with Crippen LogP contribution in [-0.2, 0) is 13.0 Å². The third-order valence-corrected chi connectivity index (χ3v) is 6.06. The predicted octanol–water partition coefficient (Wildman–Crippen LogP) is 2.45. The van der Waals surface area contributed by atoms with Gasteiger partial charge >= 0.3 is 0 Å². The Morgan fingerprint density at radius 1 is 1.14 bits per heavy atom. The number of benzene rings is 1. The summed E-state index contributed by atoms with van der Waals surface area (Å²) in [6.07, 6.45) is 4.32. The number of hydrogen-bond acceptors (Lipinski definition) is 5. The number of fused-ring (bicyclic) bond motifs is 1. The van der Waals surface area contributed by atoms with E-state index in [1.165, 1.54) is 12.8 Å². The second-order valence-electron chi connectivity index (χ2n) is 7.82. The molecule has 1 aromatic carbocycles. The van der Waals surface area contributed by atoms with Crippen molar-refractivity contribution in [2.75, 3.05) is 33.8 Å². The summed E-state index contributed by atoms with van der Waals surface area (Å²) in [5, 5.41) is 8.99. The molecule has 7 heteroatoms. The number of methoxy groups -OCH3 is 1. The molecule has 2 aromatic rings. The van der Waals surface area contributed by atoms with E-state index in [2.05, 4.69) is 26.7 Å². The van der Waals surface area contributed by atoms with Crippen LogP contribution in [0, 0.1) is 6.92 Å². The van der Waals surface area contributed by atoms with Crippen LogP contribution in [0.2, 0.25) is 0 Å². The average Bonchev–Trinajstić information content (AvgIpc) is 2.98. The van der Waals surface area contributed by atoms with E-state index in [-0.39, 0.29) is 5.91 Å². The van der Waals surface area contributed by atoms with Gasteiger partial charge in [0.05, 0.1) is 18.7 Å². The van der Waals surface area contributed by atoms with Crippen molar-refractivity contribution < 1.29 is 9.53 Å². The quantitative estimate of drug-likeness (QED) is 0.815. The van der Waals surface area contributed by atoms with Crippen molar-refractivity contribution >= 4 is 5.91 Å². The van der Waals surface area contributed by atoms with Gasteiger partial charge in [-0.1, -0.05) is 18.6 Å². The first kappa shape index (κ1) is 18.9. The van der Waals surface area contributed by atoms with Gasteiger partial charge in [0.2, 0.25) is 0 Å². The van der Waals surface area contributed by atoms with E-state index in [9.17, 15) is 4.79 Å². The molecule has 1 atom stereocenters. The van der Waals surface area contributed by atoms with E-state index in [1.807, 2.05) is 30.0 Å². The molecule has 0 radical (unpaired) electrons. The van der Waals surface area contributed by atoms with Crippen LogP contribution in [0.1, 0.15) is 52.9 Å². The summed E-state index contributed by atoms with van der Waals surface area (Å²) in [6.45, 7) is 5.11. The van der Waals surface area contributed by atoms with Gasteiger partial charge in [-0.3, -0.25) is 9.69 Å². The van der Waals surface area contributed by atoms with Crippen LogP contribution in [0.15, 0.2) is 18.2 Å². The Morgan fingerprint density at radius 3 is 2.79 bits per heavy atom. The SMILES string of the molecule is COc1c(C)cccc1C(=O)N1CCc2nnc([C@@H]3CCCCN3C)n2CC1. The largest absolute Gasteiger partial charge is 0.496 e. The number of hydrogen-bond donors (Lipinski definition) is 0. The number of ether oxygens (including phenoxy) is 1.